The van der Waals surface area contributed by atoms with E-state index in [-0.39, 0.29) is 45.5 Å². The van der Waals surface area contributed by atoms with E-state index in [2.05, 4.69) is 283 Å². The van der Waals surface area contributed by atoms with E-state index >= 15 is 0 Å². The molecule has 4 bridgehead atoms. The predicted molar refractivity (Wildman–Crippen MR) is 558 cm³/mol. The molecule has 4 fully saturated rings. The Bertz CT molecular complexity index is 7200. The van der Waals surface area contributed by atoms with E-state index in [1.165, 1.54) is 22.3 Å². The first-order valence-electron chi connectivity index (χ1n) is 50.5. The normalized spacial score (nSPS) is 17.2. The number of aryl methyl sites for hydroxylation is 4. The zero-order chi connectivity index (χ0) is 96.2. The first kappa shape index (κ1) is 90.1. The number of aromatic amines is 8. The Morgan fingerprint density at radius 3 is 0.570 bits per heavy atom. The van der Waals surface area contributed by atoms with Gasteiger partial charge in [-0.1, -0.05) is 146 Å². The average molecular weight is 1880 g/mol. The van der Waals surface area contributed by atoms with Gasteiger partial charge in [-0.2, -0.15) is 0 Å². The summed E-state index contributed by atoms with van der Waals surface area (Å²) in [6.07, 6.45) is 16.6. The zero-order valence-electron chi connectivity index (χ0n) is 80.3. The van der Waals surface area contributed by atoms with Gasteiger partial charge < -0.3 is 58.8 Å². The van der Waals surface area contributed by atoms with Crippen LogP contribution in [-0.4, -0.2) is 130 Å². The molecular weight excluding hydrogens is 1770 g/mol. The van der Waals surface area contributed by atoms with Crippen LogP contribution in [0.3, 0.4) is 0 Å². The van der Waals surface area contributed by atoms with Gasteiger partial charge in [-0.15, -0.1) is 0 Å². The molecule has 4 aliphatic rings. The van der Waals surface area contributed by atoms with Crippen molar-refractivity contribution in [2.75, 3.05) is 26.4 Å². The first-order valence-corrected chi connectivity index (χ1v) is 50.5. The van der Waals surface area contributed by atoms with E-state index in [4.69, 9.17) is 58.8 Å². The van der Waals surface area contributed by atoms with Crippen molar-refractivity contribution >= 4 is 112 Å². The van der Waals surface area contributed by atoms with Gasteiger partial charge >= 0.3 is 23.9 Å². The molecule has 0 amide bonds. The molecule has 20 aromatic rings. The lowest BCUT2D eigenvalue weighted by molar-refractivity contribution is -0.144. The molecule has 0 saturated heterocycles. The number of imidazole rings is 8. The summed E-state index contributed by atoms with van der Waals surface area (Å²) in [4.78, 5) is 118. The quantitative estimate of drug-likeness (QED) is 0.0103. The van der Waals surface area contributed by atoms with Crippen molar-refractivity contribution in [3.8, 4) is 90.1 Å². The molecular formula is C118H112N16O8. The minimum Gasteiger partial charge on any atom is -0.466 e. The van der Waals surface area contributed by atoms with Crippen LogP contribution in [0.1, 0.15) is 189 Å². The first-order chi connectivity index (χ1) is 69.4. The number of nitrogens with zero attached hydrogens (tertiary/aromatic N) is 8. The number of ether oxygens (including phenoxy) is 4. The number of carbonyl (C=O) groups is 4. The smallest absolute Gasteiger partial charge is 0.305 e. The maximum absolute atomic E-state index is 12.1. The molecule has 142 heavy (non-hydrogen) atoms. The molecule has 8 N–H and O–H groups in total. The fourth-order valence-electron chi connectivity index (χ4n) is 23.7. The van der Waals surface area contributed by atoms with Crippen molar-refractivity contribution < 1.29 is 38.1 Å². The number of nitrogens with one attached hydrogen (secondary N) is 8. The fraction of sp³-hybridized carbons (Fsp3) is 0.288. The molecule has 4 aliphatic carbocycles. The standard InChI is InChI=1S/C118H112N16O8/c1-5-139-107(135)21-13-9-17-103-119-87-49-33-75(57-95(87)123-103)79-37-53-91-99(61-79)131-111(127-91)71-25-41-83(42-26-71)115-65-116(84-43-27-72(28-44-84)112-128-92-54-38-80(62-100(92)132-112)76-34-50-88-96(58-76)124-104(120-88)18-10-14-22-108(136)140-6-2)68-117(66-115,85-45-29-73(30-46-85)113-129-93-55-39-81(63-101(93)133-113)77-35-51-89-97(59-77)125-105(121-89)19-11-15-23-109(137)141-7-3)70-118(67-115,69-116)86-47-31-74(32-48-86)114-130-94-56-40-82(64-102(94)134-114)78-36-52-90-98(60-78)126-106(122-90)20-12-16-24-110(138)142-8-4/h25-64H,5-24,65-70H2,1-4H3,(H,119,123)(H,120,124)(H,121,125)(H,122,126)(H,127,131)(H,128,132)(H,129,133)(H,130,134). The summed E-state index contributed by atoms with van der Waals surface area (Å²) in [6, 6.07) is 89.2. The topological polar surface area (TPSA) is 335 Å². The number of aromatic nitrogens is 16. The van der Waals surface area contributed by atoms with Crippen LogP contribution in [0.15, 0.2) is 243 Å². The highest BCUT2D eigenvalue weighted by Crippen LogP contribution is 2.75. The van der Waals surface area contributed by atoms with Gasteiger partial charge in [-0.25, -0.2) is 39.9 Å². The van der Waals surface area contributed by atoms with Crippen LogP contribution in [0.25, 0.3) is 178 Å². The van der Waals surface area contributed by atoms with Crippen molar-refractivity contribution in [1.29, 1.82) is 0 Å². The Hall–Kier alpha value is -15.7. The number of carbonyl (C=O) groups excluding carboxylic acids is 4. The van der Waals surface area contributed by atoms with Crippen molar-refractivity contribution in [3.05, 3.63) is 288 Å². The maximum atomic E-state index is 12.1. The third-order valence-corrected chi connectivity index (χ3v) is 29.9. The fourth-order valence-corrected chi connectivity index (χ4v) is 23.7. The van der Waals surface area contributed by atoms with E-state index in [1.807, 2.05) is 27.7 Å². The molecule has 24 rings (SSSR count). The number of hydrogen-bond acceptors (Lipinski definition) is 16. The average Bonchev–Trinajstić information content (AvgIpc) is 1.03. The molecule has 4 saturated carbocycles. The highest BCUT2D eigenvalue weighted by atomic mass is 16.5. The van der Waals surface area contributed by atoms with E-state index in [1.54, 1.807) is 0 Å². The van der Waals surface area contributed by atoms with Crippen molar-refractivity contribution in [1.82, 2.24) is 79.7 Å². The van der Waals surface area contributed by atoms with Gasteiger partial charge in [-0.3, -0.25) is 19.2 Å². The van der Waals surface area contributed by atoms with Gasteiger partial charge in [0.25, 0.3) is 0 Å². The van der Waals surface area contributed by atoms with Crippen LogP contribution in [0.4, 0.5) is 0 Å². The van der Waals surface area contributed by atoms with Crippen molar-refractivity contribution in [2.24, 2.45) is 0 Å². The van der Waals surface area contributed by atoms with E-state index in [0.717, 1.165) is 317 Å². The third kappa shape index (κ3) is 18.0. The second-order valence-corrected chi connectivity index (χ2v) is 39.5. The molecule has 12 aromatic carbocycles. The van der Waals surface area contributed by atoms with Gasteiger partial charge in [-0.05, 0) is 303 Å². The van der Waals surface area contributed by atoms with E-state index in [9.17, 15) is 19.2 Å². The summed E-state index contributed by atoms with van der Waals surface area (Å²) >= 11 is 0. The van der Waals surface area contributed by atoms with Crippen LogP contribution in [0.5, 0.6) is 0 Å². The summed E-state index contributed by atoms with van der Waals surface area (Å²) in [6.45, 7) is 8.91. The van der Waals surface area contributed by atoms with Gasteiger partial charge in [0.15, 0.2) is 0 Å². The zero-order valence-corrected chi connectivity index (χ0v) is 80.3. The molecule has 0 unspecified atom stereocenters. The van der Waals surface area contributed by atoms with Gasteiger partial charge in [0.1, 0.15) is 46.6 Å². The molecule has 0 aliphatic heterocycles. The minimum absolute atomic E-state index is 0.158. The van der Waals surface area contributed by atoms with Gasteiger partial charge in [0, 0.05) is 73.6 Å². The second-order valence-electron chi connectivity index (χ2n) is 39.5. The largest absolute Gasteiger partial charge is 0.466 e. The number of hydrogen-bond donors (Lipinski definition) is 8. The lowest BCUT2D eigenvalue weighted by Crippen LogP contribution is -2.67. The number of fused-ring (bicyclic) bond motifs is 8. The number of esters is 4. The van der Waals surface area contributed by atoms with Crippen LogP contribution in [0.2, 0.25) is 0 Å². The van der Waals surface area contributed by atoms with Crippen LogP contribution >= 0.6 is 0 Å². The van der Waals surface area contributed by atoms with Crippen LogP contribution < -0.4 is 0 Å². The molecule has 24 nitrogen and oxygen atoms in total. The number of unbranched alkanes of at least 4 members (excludes halogenated alkanes) is 4. The van der Waals surface area contributed by atoms with Gasteiger partial charge in [0.05, 0.1) is 115 Å². The highest BCUT2D eigenvalue weighted by molar-refractivity contribution is 5.93. The molecule has 0 spiro atoms. The lowest BCUT2D eigenvalue weighted by atomic mass is 9.32. The lowest BCUT2D eigenvalue weighted by Gasteiger charge is -2.71. The number of rotatable bonds is 36. The predicted octanol–water partition coefficient (Wildman–Crippen LogP) is 25.6. The Labute approximate surface area is 820 Å². The Kier molecular flexibility index (Phi) is 24.0. The summed E-state index contributed by atoms with van der Waals surface area (Å²) in [5, 5.41) is 0. The van der Waals surface area contributed by atoms with Crippen molar-refractivity contribution in [3.63, 3.8) is 0 Å². The second kappa shape index (κ2) is 37.8. The Balaban J connectivity index is 0.585. The SMILES string of the molecule is CCOC(=O)CCCCc1nc2ccc(-c3ccc4nc(-c5ccc(C67CC8(c9ccc(-c%10nc%11ccc(-c%12ccc%13nc(CCCCC(=O)OCC)[nH]c%13c%12)cc%11[nH]%10)cc9)CC(c9ccc(-c%10nc%11ccc(-c%12ccc%13nc(CCCCC(=O)OCC)[nH]c%13c%12)cc%11[nH]%10)cc9)(C6)CC(c6ccc(-c9nc%10ccc(-c%11ccc%12nc(CCCCC(=O)OCC)[nH]c%12c%11)cc%10[nH]9)cc6)(C7)C8)cc5)[nH]c4c3)cc2[nH]1. The molecule has 0 radical (unpaired) electrons. The van der Waals surface area contributed by atoms with E-state index < -0.39 is 0 Å². The number of H-pyrrole nitrogens is 8. The van der Waals surface area contributed by atoms with E-state index in [0.29, 0.717) is 52.1 Å². The van der Waals surface area contributed by atoms with Crippen LogP contribution in [0, 0.1) is 0 Å². The molecule has 8 heterocycles. The summed E-state index contributed by atoms with van der Waals surface area (Å²) in [7, 11) is 0. The molecule has 712 valence electrons. The number of benzene rings is 12. The summed E-state index contributed by atoms with van der Waals surface area (Å²) < 4.78 is 20.6. The Morgan fingerprint density at radius 1 is 0.218 bits per heavy atom. The Morgan fingerprint density at radius 2 is 0.387 bits per heavy atom. The van der Waals surface area contributed by atoms with Crippen molar-refractivity contribution in [2.45, 2.75) is 191 Å². The maximum Gasteiger partial charge on any atom is 0.305 e. The van der Waals surface area contributed by atoms with Gasteiger partial charge in [0.2, 0.25) is 0 Å². The third-order valence-electron chi connectivity index (χ3n) is 29.9. The molecule has 8 aromatic heterocycles. The van der Waals surface area contributed by atoms with Crippen LogP contribution in [-0.2, 0) is 85.5 Å². The summed E-state index contributed by atoms with van der Waals surface area (Å²) in [5.41, 5.74) is 31.5. The monoisotopic (exact) mass is 1880 g/mol. The highest BCUT2D eigenvalue weighted by Gasteiger charge is 2.69. The summed E-state index contributed by atoms with van der Waals surface area (Å²) in [5.74, 6) is 6.22. The molecule has 0 atom stereocenters. The minimum atomic E-state index is -0.319. The molecule has 24 heteroatoms.